The van der Waals surface area contributed by atoms with Crippen molar-refractivity contribution in [1.29, 1.82) is 0 Å². The summed E-state index contributed by atoms with van der Waals surface area (Å²) in [7, 11) is 1.96. The second kappa shape index (κ2) is 54.8. The summed E-state index contributed by atoms with van der Waals surface area (Å²) >= 11 is 12.2. The Hall–Kier alpha value is -10.3. The molecule has 4 heterocycles. The van der Waals surface area contributed by atoms with Crippen molar-refractivity contribution in [3.05, 3.63) is 259 Å². The monoisotopic (exact) mass is 1850 g/mol. The number of unbranched alkanes of at least 4 members (excludes halogenated alkanes) is 9. The molecule has 25 heteroatoms. The van der Waals surface area contributed by atoms with E-state index in [9.17, 15) is 36.7 Å². The Balaban J connectivity index is 0.000000199. The fourth-order valence-corrected chi connectivity index (χ4v) is 16.7. The van der Waals surface area contributed by atoms with Crippen molar-refractivity contribution in [2.75, 3.05) is 45.8 Å². The van der Waals surface area contributed by atoms with Gasteiger partial charge in [-0.1, -0.05) is 207 Å². The predicted octanol–water partition coefficient (Wildman–Crippen LogP) is 25.1. The summed E-state index contributed by atoms with van der Waals surface area (Å²) in [6.45, 7) is 39.2. The molecule has 0 aliphatic carbocycles. The number of rotatable bonds is 48. The Kier molecular flexibility index (Phi) is 43.7. The van der Waals surface area contributed by atoms with Crippen molar-refractivity contribution in [3.8, 4) is 0 Å². The molecule has 712 valence electrons. The van der Waals surface area contributed by atoms with Gasteiger partial charge in [-0.15, -0.1) is 0 Å². The Morgan fingerprint density at radius 3 is 1.14 bits per heavy atom. The lowest BCUT2D eigenvalue weighted by Crippen LogP contribution is -2.35. The number of aromatic nitrogens is 8. The van der Waals surface area contributed by atoms with Gasteiger partial charge in [0, 0.05) is 99.2 Å². The lowest BCUT2D eigenvalue weighted by Gasteiger charge is -2.25. The molecular formula is C107H143Cl2F4N15O4. The van der Waals surface area contributed by atoms with Crippen molar-refractivity contribution in [2.45, 2.75) is 265 Å². The number of hydrogen-bond acceptors (Lipinski definition) is 11. The Morgan fingerprint density at radius 1 is 0.356 bits per heavy atom. The molecule has 4 aromatic heterocycles. The van der Waals surface area contributed by atoms with Crippen molar-refractivity contribution in [3.63, 3.8) is 0 Å². The minimum Gasteiger partial charge on any atom is -0.331 e. The van der Waals surface area contributed by atoms with Gasteiger partial charge in [-0.05, 0) is 233 Å². The molecule has 0 saturated carbocycles. The third-order valence-electron chi connectivity index (χ3n) is 23.1. The van der Waals surface area contributed by atoms with Gasteiger partial charge < -0.3 is 53.8 Å². The van der Waals surface area contributed by atoms with Crippen LogP contribution < -0.4 is 16.0 Å². The predicted molar refractivity (Wildman–Crippen MR) is 532 cm³/mol. The van der Waals surface area contributed by atoms with Crippen LogP contribution in [0.15, 0.2) is 164 Å². The highest BCUT2D eigenvalue weighted by Gasteiger charge is 2.28. The highest BCUT2D eigenvalue weighted by atomic mass is 35.5. The number of carbonyl (C=O) groups excluding carboxylic acids is 4. The normalized spacial score (nSPS) is 11.4. The number of benzene rings is 8. The van der Waals surface area contributed by atoms with Gasteiger partial charge in [0.15, 0.2) is 0 Å². The van der Waals surface area contributed by atoms with E-state index in [-0.39, 0.29) is 41.7 Å². The molecule has 4 amide bonds. The zero-order chi connectivity index (χ0) is 95.2. The number of carbonyl (C=O) groups is 4. The zero-order valence-corrected chi connectivity index (χ0v) is 82.1. The molecule has 0 bridgehead atoms. The number of nitrogens with zero attached hydrogens (tertiary/aromatic N) is 12. The zero-order valence-electron chi connectivity index (χ0n) is 80.6. The quantitative estimate of drug-likeness (QED) is 0.0243. The van der Waals surface area contributed by atoms with E-state index < -0.39 is 29.2 Å². The molecule has 8 aromatic carbocycles. The number of nitrogens with one attached hydrogen (secondary N) is 3. The molecule has 0 spiro atoms. The first kappa shape index (κ1) is 105. The average molecular weight is 1850 g/mol. The largest absolute Gasteiger partial charge is 0.331 e. The third kappa shape index (κ3) is 32.0. The molecule has 0 aliphatic rings. The summed E-state index contributed by atoms with van der Waals surface area (Å²) in [5, 5.41) is 11.8. The highest BCUT2D eigenvalue weighted by molar-refractivity contribution is 6.31. The van der Waals surface area contributed by atoms with E-state index in [4.69, 9.17) is 43.1 Å². The van der Waals surface area contributed by atoms with Gasteiger partial charge in [0.25, 0.3) is 23.6 Å². The summed E-state index contributed by atoms with van der Waals surface area (Å²) in [5.41, 5.74) is 12.5. The molecule has 0 aliphatic heterocycles. The number of hydrogen-bond donors (Lipinski definition) is 3. The van der Waals surface area contributed by atoms with Crippen LogP contribution in [-0.4, -0.2) is 127 Å². The van der Waals surface area contributed by atoms with Gasteiger partial charge in [-0.2, -0.15) is 0 Å². The second-order valence-corrected chi connectivity index (χ2v) is 36.8. The molecule has 0 unspecified atom stereocenters. The number of fused-ring (bicyclic) bond motifs is 4. The van der Waals surface area contributed by atoms with Gasteiger partial charge in [0.1, 0.15) is 46.6 Å². The smallest absolute Gasteiger partial charge is 0.257 e. The lowest BCUT2D eigenvalue weighted by atomic mass is 10.1. The van der Waals surface area contributed by atoms with Gasteiger partial charge in [0.2, 0.25) is 0 Å². The molecule has 12 aromatic rings. The van der Waals surface area contributed by atoms with Gasteiger partial charge in [-0.25, -0.2) is 37.5 Å². The van der Waals surface area contributed by atoms with Crippen LogP contribution in [0.2, 0.25) is 10.0 Å². The van der Waals surface area contributed by atoms with E-state index in [1.807, 2.05) is 55.5 Å². The molecule has 0 saturated heterocycles. The standard InChI is InChI=1S/C29H40F2N4O.C29H41FN4O.C28H39FN4O.C21H23Cl2N3O/c1-5-7-8-9-14-32-18-22-10-13-27-26(16-22)33-28(35(27)15-6-2)20-34(19-21(3)4)29(36)24-17-23(30)11-12-25(24)31;1-5-7-8-9-15-31-19-23-13-14-27-26(17-23)32-28(34(27)16-6-2)21-33(20-22(3)4)29(35)24-11-10-12-25(30)18-24;1-4-7-8-9-15-30-20-22-13-14-26-25(18-22)31-27(33(26)17-6-3)21-32(16-5-2)28(34)23-11-10-12-24(29)19-23;1-14(2)9-10-26(21(27)15-5-4-6-16(22)11-15)13-20-24-18-12-17(23)7-8-19(18)25(20)3/h10-13,16-17,21,32H,5-9,14-15,18-20H2,1-4H3;10-14,17-18,22,31H,5-9,15-16,19-21H2,1-4H3;10-14,18-19,30H,4-9,15-17,20-21H2,1-3H3;4-8,11-12,14H,9-10,13H2,1-3H3. The van der Waals surface area contributed by atoms with Crippen LogP contribution in [0.1, 0.15) is 281 Å². The summed E-state index contributed by atoms with van der Waals surface area (Å²) < 4.78 is 64.3. The molecule has 3 N–H and O–H groups in total. The van der Waals surface area contributed by atoms with Crippen LogP contribution >= 0.6 is 23.2 Å². The van der Waals surface area contributed by atoms with E-state index in [2.05, 4.69) is 153 Å². The molecule has 132 heavy (non-hydrogen) atoms. The second-order valence-electron chi connectivity index (χ2n) is 35.9. The maximum absolute atomic E-state index is 14.4. The van der Waals surface area contributed by atoms with Crippen LogP contribution in [0.3, 0.4) is 0 Å². The Bertz CT molecular complexity index is 5630. The maximum Gasteiger partial charge on any atom is 0.257 e. The SMILES string of the molecule is CC(C)CCN(Cc1nc2cc(Cl)ccc2n1C)C(=O)c1cccc(Cl)c1.CCCCCCNCc1ccc2c(c1)nc(CN(CC(C)C)C(=O)c1cc(F)ccc1F)n2CCC.CCCCCCNCc1ccc2c(c1)nc(CN(CC(C)C)C(=O)c1cccc(F)c1)n2CCC.CCCCCCNCc1ccc2c(c1)nc(CN(CCC)C(=O)c1cccc(F)c1)n2CCC. The summed E-state index contributed by atoms with van der Waals surface area (Å²) in [6.07, 6.45) is 19.6. The summed E-state index contributed by atoms with van der Waals surface area (Å²) in [4.78, 5) is 79.3. The van der Waals surface area contributed by atoms with Crippen LogP contribution in [-0.2, 0) is 72.5 Å². The molecule has 0 atom stereocenters. The van der Waals surface area contributed by atoms with E-state index in [0.29, 0.717) is 78.5 Å². The van der Waals surface area contributed by atoms with E-state index in [1.165, 1.54) is 118 Å². The number of imidazole rings is 4. The Morgan fingerprint density at radius 2 is 0.727 bits per heavy atom. The number of halogens is 6. The van der Waals surface area contributed by atoms with Crippen molar-refractivity contribution in [1.82, 2.24) is 73.8 Å². The fourth-order valence-electron chi connectivity index (χ4n) is 16.3. The highest BCUT2D eigenvalue weighted by Crippen LogP contribution is 2.29. The molecule has 0 radical (unpaired) electrons. The third-order valence-corrected chi connectivity index (χ3v) is 23.5. The Labute approximate surface area is 791 Å². The number of amides is 4. The van der Waals surface area contributed by atoms with Crippen molar-refractivity contribution >= 4 is 91.0 Å². The summed E-state index contributed by atoms with van der Waals surface area (Å²) in [5.74, 6) is 1.23. The van der Waals surface area contributed by atoms with Crippen LogP contribution in [0, 0.1) is 41.0 Å². The van der Waals surface area contributed by atoms with Gasteiger partial charge in [0.05, 0.1) is 75.9 Å². The topological polar surface area (TPSA) is 189 Å². The lowest BCUT2D eigenvalue weighted by molar-refractivity contribution is 0.0706. The molecular weight excluding hydrogens is 1710 g/mol. The maximum atomic E-state index is 14.4. The van der Waals surface area contributed by atoms with Gasteiger partial charge >= 0.3 is 0 Å². The van der Waals surface area contributed by atoms with Crippen LogP contribution in [0.25, 0.3) is 44.1 Å². The van der Waals surface area contributed by atoms with E-state index in [1.54, 1.807) is 63.2 Å². The fraction of sp³-hybridized carbons (Fsp3) is 0.477. The van der Waals surface area contributed by atoms with Crippen molar-refractivity contribution < 1.29 is 36.7 Å². The summed E-state index contributed by atoms with van der Waals surface area (Å²) in [6, 6.07) is 46.8. The molecule has 19 nitrogen and oxygen atoms in total. The van der Waals surface area contributed by atoms with Crippen molar-refractivity contribution in [2.24, 2.45) is 24.8 Å². The minimum atomic E-state index is -0.718. The first-order valence-electron chi connectivity index (χ1n) is 48.2. The minimum absolute atomic E-state index is 0.0387. The number of aryl methyl sites for hydroxylation is 4. The first-order valence-corrected chi connectivity index (χ1v) is 49.0. The van der Waals surface area contributed by atoms with Crippen LogP contribution in [0.5, 0.6) is 0 Å². The van der Waals surface area contributed by atoms with E-state index in [0.717, 1.165) is 177 Å². The molecule has 12 rings (SSSR count). The van der Waals surface area contributed by atoms with Gasteiger partial charge in [-0.3, -0.25) is 19.2 Å². The van der Waals surface area contributed by atoms with Crippen LogP contribution in [0.4, 0.5) is 17.6 Å². The average Bonchev–Trinajstić information content (AvgIpc) is 1.65. The molecule has 0 fully saturated rings. The first-order chi connectivity index (χ1) is 63.7. The van der Waals surface area contributed by atoms with E-state index >= 15 is 0 Å².